The molecule has 0 spiro atoms. The van der Waals surface area contributed by atoms with Gasteiger partial charge in [-0.25, -0.2) is 15.0 Å². The van der Waals surface area contributed by atoms with Crippen LogP contribution < -0.4 is 5.56 Å². The molecule has 0 saturated heterocycles. The minimum absolute atomic E-state index is 0.0432. The van der Waals surface area contributed by atoms with Crippen molar-refractivity contribution in [2.45, 2.75) is 32.7 Å². The van der Waals surface area contributed by atoms with E-state index >= 15 is 0 Å². The lowest BCUT2D eigenvalue weighted by molar-refractivity contribution is 0.483. The van der Waals surface area contributed by atoms with E-state index in [0.717, 1.165) is 37.2 Å². The summed E-state index contributed by atoms with van der Waals surface area (Å²) in [4.78, 5) is 26.0. The van der Waals surface area contributed by atoms with Gasteiger partial charge in [-0.1, -0.05) is 18.9 Å². The van der Waals surface area contributed by atoms with Crippen LogP contribution in [0.25, 0.3) is 11.0 Å². The molecule has 1 atom stereocenters. The second-order valence-corrected chi connectivity index (χ2v) is 6.47. The zero-order valence-corrected chi connectivity index (χ0v) is 14.1. The first kappa shape index (κ1) is 15.5. The fourth-order valence-corrected chi connectivity index (χ4v) is 3.08. The molecule has 0 radical (unpaired) electrons. The fraction of sp³-hybridized carbons (Fsp3) is 0.300. The number of nitrogens with zero attached hydrogens (tertiary/aromatic N) is 4. The summed E-state index contributed by atoms with van der Waals surface area (Å²) in [6.45, 7) is 2.95. The maximum absolute atomic E-state index is 12.7. The third-order valence-electron chi connectivity index (χ3n) is 4.58. The molecular formula is C20H18N4O. The summed E-state index contributed by atoms with van der Waals surface area (Å²) in [7, 11) is 0. The lowest BCUT2D eigenvalue weighted by atomic mass is 10.0. The number of rotatable bonds is 0. The van der Waals surface area contributed by atoms with E-state index in [1.54, 1.807) is 17.0 Å². The molecule has 0 fully saturated rings. The largest absolute Gasteiger partial charge is 0.295 e. The van der Waals surface area contributed by atoms with Crippen LogP contribution in [0.3, 0.4) is 0 Å². The number of pyridine rings is 2. The van der Waals surface area contributed by atoms with Gasteiger partial charge in [-0.15, -0.1) is 0 Å². The standard InChI is InChI=1S/C20H18N4O/c1-14-5-8-18-23-17-12-15(6-7-16-4-2-3-10-21-16)13-22-19(17)20(25)24(18)11-9-14/h2-4,10,12-14H,5,8-9,11H2,1H3/t14-/m1/s1. The molecule has 0 aromatic carbocycles. The van der Waals surface area contributed by atoms with Crippen LogP contribution >= 0.6 is 0 Å². The van der Waals surface area contributed by atoms with Crippen LogP contribution in [0.2, 0.25) is 0 Å². The summed E-state index contributed by atoms with van der Waals surface area (Å²) in [5.74, 6) is 7.52. The first-order valence-electron chi connectivity index (χ1n) is 8.53. The second kappa shape index (κ2) is 6.48. The predicted molar refractivity (Wildman–Crippen MR) is 96.1 cm³/mol. The topological polar surface area (TPSA) is 60.7 Å². The molecule has 0 amide bonds. The van der Waals surface area contributed by atoms with Gasteiger partial charge >= 0.3 is 0 Å². The monoisotopic (exact) mass is 330 g/mol. The predicted octanol–water partition coefficient (Wildman–Crippen LogP) is 2.56. The Hall–Kier alpha value is -3.00. The molecule has 4 heterocycles. The number of hydrogen-bond donors (Lipinski definition) is 0. The quantitative estimate of drug-likeness (QED) is 0.594. The van der Waals surface area contributed by atoms with Gasteiger partial charge in [-0.05, 0) is 42.9 Å². The average molecular weight is 330 g/mol. The lowest BCUT2D eigenvalue weighted by Gasteiger charge is -2.09. The van der Waals surface area contributed by atoms with Gasteiger partial charge < -0.3 is 0 Å². The zero-order valence-electron chi connectivity index (χ0n) is 14.1. The van der Waals surface area contributed by atoms with Crippen molar-refractivity contribution in [3.63, 3.8) is 0 Å². The second-order valence-electron chi connectivity index (χ2n) is 6.47. The average Bonchev–Trinajstić information content (AvgIpc) is 2.83. The molecule has 0 bridgehead atoms. The molecule has 3 aromatic rings. The van der Waals surface area contributed by atoms with Crippen LogP contribution in [0.5, 0.6) is 0 Å². The van der Waals surface area contributed by atoms with Crippen LogP contribution in [0.1, 0.15) is 36.8 Å². The highest BCUT2D eigenvalue weighted by molar-refractivity contribution is 5.74. The van der Waals surface area contributed by atoms with E-state index in [-0.39, 0.29) is 5.56 Å². The van der Waals surface area contributed by atoms with Gasteiger partial charge in [0.2, 0.25) is 0 Å². The molecule has 5 heteroatoms. The highest BCUT2D eigenvalue weighted by Gasteiger charge is 2.17. The van der Waals surface area contributed by atoms with E-state index in [4.69, 9.17) is 4.98 Å². The summed E-state index contributed by atoms with van der Waals surface area (Å²) in [5, 5.41) is 0. The zero-order chi connectivity index (χ0) is 17.2. The molecule has 0 unspecified atom stereocenters. The summed E-state index contributed by atoms with van der Waals surface area (Å²) in [5.41, 5.74) is 2.43. The summed E-state index contributed by atoms with van der Waals surface area (Å²) < 4.78 is 1.79. The normalized spacial score (nSPS) is 16.6. The molecule has 5 nitrogen and oxygen atoms in total. The van der Waals surface area contributed by atoms with Crippen LogP contribution in [0.4, 0.5) is 0 Å². The van der Waals surface area contributed by atoms with Crippen molar-refractivity contribution >= 4 is 11.0 Å². The van der Waals surface area contributed by atoms with Crippen molar-refractivity contribution in [1.29, 1.82) is 0 Å². The van der Waals surface area contributed by atoms with Crippen molar-refractivity contribution in [3.8, 4) is 11.8 Å². The van der Waals surface area contributed by atoms with Crippen molar-refractivity contribution < 1.29 is 0 Å². The minimum atomic E-state index is -0.0432. The Labute approximate surface area is 145 Å². The van der Waals surface area contributed by atoms with E-state index in [1.165, 1.54) is 0 Å². The molecule has 0 N–H and O–H groups in total. The van der Waals surface area contributed by atoms with Gasteiger partial charge in [0.1, 0.15) is 11.5 Å². The van der Waals surface area contributed by atoms with Crippen molar-refractivity contribution in [3.05, 3.63) is 64.1 Å². The maximum Gasteiger partial charge on any atom is 0.280 e. The van der Waals surface area contributed by atoms with E-state index in [0.29, 0.717) is 22.6 Å². The number of hydrogen-bond acceptors (Lipinski definition) is 4. The van der Waals surface area contributed by atoms with Gasteiger partial charge in [-0.2, -0.15) is 0 Å². The lowest BCUT2D eigenvalue weighted by Crippen LogP contribution is -2.25. The minimum Gasteiger partial charge on any atom is -0.295 e. The van der Waals surface area contributed by atoms with Gasteiger partial charge in [0, 0.05) is 30.9 Å². The Kier molecular flexibility index (Phi) is 4.02. The Morgan fingerprint density at radius 2 is 2.12 bits per heavy atom. The molecule has 4 rings (SSSR count). The van der Waals surface area contributed by atoms with Gasteiger partial charge in [0.05, 0.1) is 5.52 Å². The van der Waals surface area contributed by atoms with E-state index in [2.05, 4.69) is 28.7 Å². The van der Waals surface area contributed by atoms with Gasteiger partial charge in [-0.3, -0.25) is 9.36 Å². The van der Waals surface area contributed by atoms with Crippen LogP contribution in [0, 0.1) is 17.8 Å². The van der Waals surface area contributed by atoms with Crippen molar-refractivity contribution in [1.82, 2.24) is 19.5 Å². The molecule has 124 valence electrons. The number of aromatic nitrogens is 4. The van der Waals surface area contributed by atoms with Gasteiger partial charge in [0.15, 0.2) is 5.52 Å². The molecule has 25 heavy (non-hydrogen) atoms. The third-order valence-corrected chi connectivity index (χ3v) is 4.58. The van der Waals surface area contributed by atoms with Gasteiger partial charge in [0.25, 0.3) is 5.56 Å². The summed E-state index contributed by atoms with van der Waals surface area (Å²) in [6.07, 6.45) is 6.24. The van der Waals surface area contributed by atoms with Crippen LogP contribution in [-0.4, -0.2) is 19.5 Å². The molecule has 1 aliphatic rings. The van der Waals surface area contributed by atoms with Crippen LogP contribution in [0.15, 0.2) is 41.5 Å². The highest BCUT2D eigenvalue weighted by Crippen LogP contribution is 2.18. The Morgan fingerprint density at radius 3 is 2.96 bits per heavy atom. The van der Waals surface area contributed by atoms with E-state index in [1.807, 2.05) is 24.3 Å². The maximum atomic E-state index is 12.7. The molecule has 0 saturated carbocycles. The smallest absolute Gasteiger partial charge is 0.280 e. The van der Waals surface area contributed by atoms with Crippen molar-refractivity contribution in [2.75, 3.05) is 0 Å². The highest BCUT2D eigenvalue weighted by atomic mass is 16.1. The first-order valence-corrected chi connectivity index (χ1v) is 8.53. The first-order chi connectivity index (χ1) is 12.2. The molecular weight excluding hydrogens is 312 g/mol. The summed E-state index contributed by atoms with van der Waals surface area (Å²) >= 11 is 0. The van der Waals surface area contributed by atoms with Crippen LogP contribution in [-0.2, 0) is 13.0 Å². The Balaban J connectivity index is 1.77. The Morgan fingerprint density at radius 1 is 1.20 bits per heavy atom. The summed E-state index contributed by atoms with van der Waals surface area (Å²) in [6, 6.07) is 7.45. The molecule has 3 aromatic heterocycles. The Bertz CT molecular complexity index is 1040. The number of fused-ring (bicyclic) bond motifs is 2. The van der Waals surface area contributed by atoms with E-state index in [9.17, 15) is 4.79 Å². The van der Waals surface area contributed by atoms with Crippen molar-refractivity contribution in [2.24, 2.45) is 5.92 Å². The SMILES string of the molecule is C[C@@H]1CCc2nc3cc(C#Cc4ccccn4)cnc3c(=O)n2CC1. The molecule has 1 aliphatic heterocycles. The number of aryl methyl sites for hydroxylation is 1. The fourth-order valence-electron chi connectivity index (χ4n) is 3.08. The third kappa shape index (κ3) is 3.16. The molecule has 0 aliphatic carbocycles. The van der Waals surface area contributed by atoms with E-state index < -0.39 is 0 Å².